The Bertz CT molecular complexity index is 1250. The molecular weight excluding hydrogens is 410 g/mol. The van der Waals surface area contributed by atoms with Gasteiger partial charge in [0.25, 0.3) is 5.56 Å². The van der Waals surface area contributed by atoms with E-state index in [1.807, 2.05) is 0 Å². The van der Waals surface area contributed by atoms with E-state index in [4.69, 9.17) is 4.52 Å². The van der Waals surface area contributed by atoms with Gasteiger partial charge in [-0.05, 0) is 19.9 Å². The van der Waals surface area contributed by atoms with Crippen LogP contribution < -0.4 is 5.56 Å². The number of hydrogen-bond acceptors (Lipinski definition) is 7. The summed E-state index contributed by atoms with van der Waals surface area (Å²) in [6.45, 7) is 4.04. The summed E-state index contributed by atoms with van der Waals surface area (Å²) in [5.41, 5.74) is 0.503. The number of aromatic nitrogens is 3. The van der Waals surface area contributed by atoms with Crippen molar-refractivity contribution in [2.24, 2.45) is 0 Å². The molecule has 0 atom stereocenters. The number of carbonyl (C=O) groups excluding carboxylic acids is 1. The van der Waals surface area contributed by atoms with Crippen molar-refractivity contribution < 1.29 is 17.7 Å². The zero-order valence-corrected chi connectivity index (χ0v) is 17.4. The second kappa shape index (κ2) is 7.65. The molecule has 4 rings (SSSR count). The van der Waals surface area contributed by atoms with Crippen LogP contribution in [-0.2, 0) is 21.2 Å². The van der Waals surface area contributed by atoms with Gasteiger partial charge in [0.1, 0.15) is 10.6 Å². The predicted molar refractivity (Wildman–Crippen MR) is 107 cm³/mol. The Balaban J connectivity index is 1.47. The van der Waals surface area contributed by atoms with Gasteiger partial charge in [0, 0.05) is 31.6 Å². The maximum absolute atomic E-state index is 12.9. The van der Waals surface area contributed by atoms with Gasteiger partial charge < -0.3 is 9.42 Å². The standard InChI is InChI=1S/C19H21N5O5S/c1-12-18(13(2)29-22-12)30(27,28)24-9-7-23(8-10-24)17(25)11-16-14-5-3-4-6-15(14)19(26)21-20-16/h3-6H,7-11H2,1-2H3,(H,21,26). The molecule has 158 valence electrons. The highest BCUT2D eigenvalue weighted by Crippen LogP contribution is 2.24. The molecular formula is C19H21N5O5S. The van der Waals surface area contributed by atoms with E-state index in [1.165, 1.54) is 4.31 Å². The van der Waals surface area contributed by atoms with Crippen molar-refractivity contribution in [2.75, 3.05) is 26.2 Å². The number of nitrogens with zero attached hydrogens (tertiary/aromatic N) is 4. The van der Waals surface area contributed by atoms with Crippen LogP contribution in [0.1, 0.15) is 17.1 Å². The quantitative estimate of drug-likeness (QED) is 0.640. The van der Waals surface area contributed by atoms with Crippen LogP contribution in [0.4, 0.5) is 0 Å². The van der Waals surface area contributed by atoms with Gasteiger partial charge in [-0.2, -0.15) is 9.40 Å². The number of carbonyl (C=O) groups is 1. The molecule has 1 aliphatic heterocycles. The Kier molecular flexibility index (Phi) is 5.16. The van der Waals surface area contributed by atoms with Crippen molar-refractivity contribution in [1.82, 2.24) is 24.6 Å². The highest BCUT2D eigenvalue weighted by Gasteiger charge is 2.34. The van der Waals surface area contributed by atoms with E-state index < -0.39 is 10.0 Å². The number of fused-ring (bicyclic) bond motifs is 1. The molecule has 30 heavy (non-hydrogen) atoms. The molecule has 11 heteroatoms. The molecule has 3 heterocycles. The Hall–Kier alpha value is -3.05. The third-order valence-electron chi connectivity index (χ3n) is 5.25. The lowest BCUT2D eigenvalue weighted by molar-refractivity contribution is -0.131. The first kappa shape index (κ1) is 20.2. The zero-order chi connectivity index (χ0) is 21.5. The van der Waals surface area contributed by atoms with Gasteiger partial charge in [-0.1, -0.05) is 23.4 Å². The van der Waals surface area contributed by atoms with Crippen LogP contribution in [-0.4, -0.2) is 65.1 Å². The Morgan fingerprint density at radius 1 is 1.13 bits per heavy atom. The molecule has 3 aromatic rings. The Labute approximate surface area is 172 Å². The average molecular weight is 431 g/mol. The van der Waals surface area contributed by atoms with E-state index in [2.05, 4.69) is 15.4 Å². The lowest BCUT2D eigenvalue weighted by atomic mass is 10.1. The van der Waals surface area contributed by atoms with Crippen molar-refractivity contribution in [3.05, 3.63) is 51.8 Å². The average Bonchev–Trinajstić information content (AvgIpc) is 3.09. The number of amides is 1. The fraction of sp³-hybridized carbons (Fsp3) is 0.368. The monoisotopic (exact) mass is 431 g/mol. The van der Waals surface area contributed by atoms with Gasteiger partial charge in [0.2, 0.25) is 15.9 Å². The van der Waals surface area contributed by atoms with E-state index in [1.54, 1.807) is 43.0 Å². The molecule has 0 radical (unpaired) electrons. The number of hydrogen-bond donors (Lipinski definition) is 1. The minimum atomic E-state index is -3.73. The summed E-state index contributed by atoms with van der Waals surface area (Å²) in [4.78, 5) is 26.4. The molecule has 10 nitrogen and oxygen atoms in total. The zero-order valence-electron chi connectivity index (χ0n) is 16.6. The summed E-state index contributed by atoms with van der Waals surface area (Å²) in [7, 11) is -3.73. The van der Waals surface area contributed by atoms with Gasteiger partial charge in [0.05, 0.1) is 17.5 Å². The first-order valence-electron chi connectivity index (χ1n) is 9.46. The Morgan fingerprint density at radius 3 is 2.43 bits per heavy atom. The molecule has 1 aliphatic rings. The summed E-state index contributed by atoms with van der Waals surface area (Å²) in [5, 5.41) is 11.3. The molecule has 0 saturated carbocycles. The van der Waals surface area contributed by atoms with Crippen LogP contribution >= 0.6 is 0 Å². The van der Waals surface area contributed by atoms with Crippen LogP contribution in [0.15, 0.2) is 38.5 Å². The van der Waals surface area contributed by atoms with Crippen LogP contribution in [0, 0.1) is 13.8 Å². The summed E-state index contributed by atoms with van der Waals surface area (Å²) in [5.74, 6) is 0.0797. The van der Waals surface area contributed by atoms with Crippen LogP contribution in [0.25, 0.3) is 10.8 Å². The molecule has 1 amide bonds. The van der Waals surface area contributed by atoms with Crippen molar-refractivity contribution in [3.63, 3.8) is 0 Å². The van der Waals surface area contributed by atoms with Gasteiger partial charge in [-0.15, -0.1) is 0 Å². The lowest BCUT2D eigenvalue weighted by Crippen LogP contribution is -2.51. The summed E-state index contributed by atoms with van der Waals surface area (Å²) >= 11 is 0. The van der Waals surface area contributed by atoms with Crippen LogP contribution in [0.2, 0.25) is 0 Å². The van der Waals surface area contributed by atoms with E-state index in [9.17, 15) is 18.0 Å². The van der Waals surface area contributed by atoms with Crippen molar-refractivity contribution >= 4 is 26.7 Å². The molecule has 0 aliphatic carbocycles. The number of sulfonamides is 1. The number of benzene rings is 1. The normalized spacial score (nSPS) is 15.6. The molecule has 0 unspecified atom stereocenters. The SMILES string of the molecule is Cc1noc(C)c1S(=O)(=O)N1CCN(C(=O)Cc2n[nH]c(=O)c3ccccc23)CC1. The number of aromatic amines is 1. The number of rotatable bonds is 4. The molecule has 1 aromatic carbocycles. The van der Waals surface area contributed by atoms with Crippen molar-refractivity contribution in [2.45, 2.75) is 25.2 Å². The summed E-state index contributed by atoms with van der Waals surface area (Å²) < 4.78 is 32.2. The third kappa shape index (κ3) is 3.50. The maximum Gasteiger partial charge on any atom is 0.272 e. The third-order valence-corrected chi connectivity index (χ3v) is 7.39. The second-order valence-electron chi connectivity index (χ2n) is 7.16. The minimum absolute atomic E-state index is 0.0217. The lowest BCUT2D eigenvalue weighted by Gasteiger charge is -2.34. The van der Waals surface area contributed by atoms with E-state index >= 15 is 0 Å². The van der Waals surface area contributed by atoms with E-state index in [0.29, 0.717) is 22.2 Å². The largest absolute Gasteiger partial charge is 0.360 e. The first-order valence-corrected chi connectivity index (χ1v) is 10.9. The molecule has 1 fully saturated rings. The van der Waals surface area contributed by atoms with Gasteiger partial charge in [0.15, 0.2) is 5.76 Å². The fourth-order valence-corrected chi connectivity index (χ4v) is 5.42. The van der Waals surface area contributed by atoms with E-state index in [-0.39, 0.29) is 54.7 Å². The smallest absolute Gasteiger partial charge is 0.272 e. The molecule has 0 spiro atoms. The van der Waals surface area contributed by atoms with Gasteiger partial charge >= 0.3 is 0 Å². The van der Waals surface area contributed by atoms with Crippen LogP contribution in [0.3, 0.4) is 0 Å². The summed E-state index contributed by atoms with van der Waals surface area (Å²) in [6.07, 6.45) is 0.0217. The number of nitrogens with one attached hydrogen (secondary N) is 1. The highest BCUT2D eigenvalue weighted by atomic mass is 32.2. The highest BCUT2D eigenvalue weighted by molar-refractivity contribution is 7.89. The van der Waals surface area contributed by atoms with Crippen LogP contribution in [0.5, 0.6) is 0 Å². The summed E-state index contributed by atoms with van der Waals surface area (Å²) in [6, 6.07) is 6.98. The number of H-pyrrole nitrogens is 1. The molecule has 1 N–H and O–H groups in total. The molecule has 1 saturated heterocycles. The Morgan fingerprint density at radius 2 is 1.80 bits per heavy atom. The van der Waals surface area contributed by atoms with Crippen molar-refractivity contribution in [3.8, 4) is 0 Å². The predicted octanol–water partition coefficient (Wildman–Crippen LogP) is 0.604. The van der Waals surface area contributed by atoms with E-state index in [0.717, 1.165) is 0 Å². The molecule has 2 aromatic heterocycles. The fourth-order valence-electron chi connectivity index (χ4n) is 3.71. The second-order valence-corrected chi connectivity index (χ2v) is 9.03. The van der Waals surface area contributed by atoms with Crippen molar-refractivity contribution in [1.29, 1.82) is 0 Å². The van der Waals surface area contributed by atoms with Gasteiger partial charge in [-0.25, -0.2) is 13.5 Å². The maximum atomic E-state index is 12.9. The molecule has 0 bridgehead atoms. The number of piperazine rings is 1. The van der Waals surface area contributed by atoms with Gasteiger partial charge in [-0.3, -0.25) is 9.59 Å². The minimum Gasteiger partial charge on any atom is -0.360 e. The number of aryl methyl sites for hydroxylation is 2. The first-order chi connectivity index (χ1) is 14.3. The topological polar surface area (TPSA) is 129 Å².